The number of hydrogen-bond acceptors (Lipinski definition) is 6. The first-order chi connectivity index (χ1) is 12.6. The van der Waals surface area contributed by atoms with Crippen molar-refractivity contribution in [3.8, 4) is 0 Å². The van der Waals surface area contributed by atoms with E-state index in [0.717, 1.165) is 24.3 Å². The number of nitrogens with one attached hydrogen (secondary N) is 1. The van der Waals surface area contributed by atoms with E-state index in [0.29, 0.717) is 14.4 Å². The molecule has 0 atom stereocenters. The zero-order valence-corrected chi connectivity index (χ0v) is 16.8. The summed E-state index contributed by atoms with van der Waals surface area (Å²) in [5.74, 6) is 0.611. The Morgan fingerprint density at radius 2 is 2.15 bits per heavy atom. The first-order valence-electron chi connectivity index (χ1n) is 8.38. The summed E-state index contributed by atoms with van der Waals surface area (Å²) in [6.07, 6.45) is 3.03. The third kappa shape index (κ3) is 4.75. The Bertz CT molecular complexity index is 787. The molecule has 136 valence electrons. The molecule has 0 radical (unpaired) electrons. The first kappa shape index (κ1) is 19.1. The Balaban J connectivity index is 1.59. The van der Waals surface area contributed by atoms with Crippen LogP contribution in [0.4, 0.5) is 0 Å². The van der Waals surface area contributed by atoms with Crippen LogP contribution in [0.5, 0.6) is 0 Å². The van der Waals surface area contributed by atoms with Gasteiger partial charge in [0, 0.05) is 18.7 Å². The number of thiocarbonyl (C=S) groups is 1. The number of amidine groups is 1. The molecule has 0 bridgehead atoms. The molecule has 2 aliphatic rings. The van der Waals surface area contributed by atoms with Crippen molar-refractivity contribution in [3.05, 3.63) is 40.3 Å². The van der Waals surface area contributed by atoms with Crippen LogP contribution in [0.25, 0.3) is 6.08 Å². The summed E-state index contributed by atoms with van der Waals surface area (Å²) in [4.78, 5) is 30.9. The summed E-state index contributed by atoms with van der Waals surface area (Å²) in [7, 11) is 0. The molecule has 1 fully saturated rings. The van der Waals surface area contributed by atoms with E-state index >= 15 is 0 Å². The molecule has 1 N–H and O–H groups in total. The number of aryl methyl sites for hydroxylation is 1. The van der Waals surface area contributed by atoms with Crippen LogP contribution in [-0.4, -0.2) is 45.0 Å². The number of carbonyl (C=O) groups excluding carboxylic acids is 2. The lowest BCUT2D eigenvalue weighted by Gasteiger charge is -2.13. The van der Waals surface area contributed by atoms with Crippen LogP contribution in [0.2, 0.25) is 0 Å². The number of thioether (sulfide) groups is 2. The van der Waals surface area contributed by atoms with Gasteiger partial charge in [0.2, 0.25) is 5.91 Å². The highest BCUT2D eigenvalue weighted by atomic mass is 32.2. The maximum absolute atomic E-state index is 12.6. The Morgan fingerprint density at radius 3 is 2.81 bits per heavy atom. The molecule has 0 aliphatic carbocycles. The maximum atomic E-state index is 12.6. The van der Waals surface area contributed by atoms with Gasteiger partial charge in [-0.05, 0) is 23.6 Å². The van der Waals surface area contributed by atoms with Gasteiger partial charge in [-0.3, -0.25) is 19.5 Å². The highest BCUT2D eigenvalue weighted by Crippen LogP contribution is 2.32. The van der Waals surface area contributed by atoms with Crippen LogP contribution in [0.15, 0.2) is 34.2 Å². The van der Waals surface area contributed by atoms with E-state index in [1.807, 2.05) is 18.2 Å². The van der Waals surface area contributed by atoms with E-state index in [1.165, 1.54) is 34.0 Å². The molecular formula is C18H19N3O2S3. The second-order valence-corrected chi connectivity index (χ2v) is 8.52. The number of hydrogen-bond donors (Lipinski definition) is 1. The van der Waals surface area contributed by atoms with Gasteiger partial charge in [0.1, 0.15) is 4.32 Å². The van der Waals surface area contributed by atoms with Crippen molar-refractivity contribution in [2.75, 3.05) is 18.8 Å². The second-order valence-electron chi connectivity index (χ2n) is 5.76. The van der Waals surface area contributed by atoms with E-state index in [4.69, 9.17) is 12.2 Å². The van der Waals surface area contributed by atoms with Crippen molar-refractivity contribution < 1.29 is 9.59 Å². The zero-order valence-electron chi connectivity index (χ0n) is 14.4. The number of rotatable bonds is 5. The van der Waals surface area contributed by atoms with Gasteiger partial charge in [-0.2, -0.15) is 0 Å². The summed E-state index contributed by atoms with van der Waals surface area (Å²) in [5, 5.41) is 3.43. The van der Waals surface area contributed by atoms with Gasteiger partial charge in [0.25, 0.3) is 5.91 Å². The summed E-state index contributed by atoms with van der Waals surface area (Å²) < 4.78 is 0.492. The number of aliphatic imine (C=N–C) groups is 1. The third-order valence-electron chi connectivity index (χ3n) is 3.95. The molecule has 0 aromatic heterocycles. The molecule has 8 heteroatoms. The number of benzene rings is 1. The smallest absolute Gasteiger partial charge is 0.266 e. The highest BCUT2D eigenvalue weighted by Gasteiger charge is 2.32. The topological polar surface area (TPSA) is 61.8 Å². The Hall–Kier alpha value is -1.64. The summed E-state index contributed by atoms with van der Waals surface area (Å²) >= 11 is 8.13. The highest BCUT2D eigenvalue weighted by molar-refractivity contribution is 8.26. The molecule has 0 saturated carbocycles. The van der Waals surface area contributed by atoms with Crippen molar-refractivity contribution in [1.82, 2.24) is 10.2 Å². The van der Waals surface area contributed by atoms with Gasteiger partial charge < -0.3 is 5.32 Å². The van der Waals surface area contributed by atoms with E-state index in [1.54, 1.807) is 0 Å². The predicted octanol–water partition coefficient (Wildman–Crippen LogP) is 3.06. The molecule has 2 aliphatic heterocycles. The van der Waals surface area contributed by atoms with Crippen LogP contribution in [0.3, 0.4) is 0 Å². The van der Waals surface area contributed by atoms with Gasteiger partial charge >= 0.3 is 0 Å². The van der Waals surface area contributed by atoms with Crippen molar-refractivity contribution in [2.45, 2.75) is 19.8 Å². The van der Waals surface area contributed by atoms with Crippen LogP contribution in [0, 0.1) is 0 Å². The average Bonchev–Trinajstić information content (AvgIpc) is 3.23. The third-order valence-corrected chi connectivity index (χ3v) is 6.22. The zero-order chi connectivity index (χ0) is 18.5. The Kier molecular flexibility index (Phi) is 6.50. The lowest BCUT2D eigenvalue weighted by Crippen LogP contribution is -2.34. The normalized spacial score (nSPS) is 18.6. The monoisotopic (exact) mass is 405 g/mol. The van der Waals surface area contributed by atoms with Gasteiger partial charge in [-0.25, -0.2) is 0 Å². The molecule has 2 amide bonds. The minimum atomic E-state index is -0.147. The van der Waals surface area contributed by atoms with Gasteiger partial charge in [0.05, 0.1) is 11.4 Å². The lowest BCUT2D eigenvalue weighted by atomic mass is 10.1. The number of amides is 2. The fraction of sp³-hybridized carbons (Fsp3) is 0.333. The largest absolute Gasteiger partial charge is 0.305 e. The van der Waals surface area contributed by atoms with Crippen molar-refractivity contribution in [1.29, 1.82) is 0 Å². The van der Waals surface area contributed by atoms with Crippen LogP contribution >= 0.6 is 35.7 Å². The molecule has 3 rings (SSSR count). The minimum Gasteiger partial charge on any atom is -0.305 e. The van der Waals surface area contributed by atoms with Crippen molar-refractivity contribution in [2.24, 2.45) is 4.99 Å². The quantitative estimate of drug-likeness (QED) is 0.603. The molecule has 2 heterocycles. The second kappa shape index (κ2) is 8.83. The summed E-state index contributed by atoms with van der Waals surface area (Å²) in [6.45, 7) is 3.12. The SMILES string of the molecule is CCc1ccc(/C=C2/SC(=S)N(CCC(=O)NC3=NCCS3)C2=O)cc1. The van der Waals surface area contributed by atoms with Crippen molar-refractivity contribution in [3.63, 3.8) is 0 Å². The number of carbonyl (C=O) groups is 2. The van der Waals surface area contributed by atoms with Gasteiger partial charge in [-0.15, -0.1) is 0 Å². The molecule has 1 aromatic rings. The maximum Gasteiger partial charge on any atom is 0.266 e. The minimum absolute atomic E-state index is 0.139. The van der Waals surface area contributed by atoms with Crippen molar-refractivity contribution >= 4 is 63.1 Å². The Morgan fingerprint density at radius 1 is 1.38 bits per heavy atom. The molecule has 26 heavy (non-hydrogen) atoms. The molecule has 0 spiro atoms. The summed E-state index contributed by atoms with van der Waals surface area (Å²) in [6, 6.07) is 8.11. The van der Waals surface area contributed by atoms with E-state index in [2.05, 4.69) is 29.4 Å². The van der Waals surface area contributed by atoms with Crippen LogP contribution < -0.4 is 5.32 Å². The standard InChI is InChI=1S/C18H19N3O2S3/c1-2-12-3-5-13(6-4-12)11-14-16(23)21(18(24)26-14)9-7-15(22)20-17-19-8-10-25-17/h3-6,11H,2,7-10H2,1H3,(H,19,20,22)/b14-11+. The number of nitrogens with zero attached hydrogens (tertiary/aromatic N) is 2. The summed E-state index contributed by atoms with van der Waals surface area (Å²) in [5.41, 5.74) is 2.22. The Labute approximate surface area is 166 Å². The predicted molar refractivity (Wildman–Crippen MR) is 113 cm³/mol. The molecule has 1 saturated heterocycles. The van der Waals surface area contributed by atoms with Crippen LogP contribution in [-0.2, 0) is 16.0 Å². The fourth-order valence-electron chi connectivity index (χ4n) is 2.50. The van der Waals surface area contributed by atoms with E-state index in [-0.39, 0.29) is 24.8 Å². The fourth-order valence-corrected chi connectivity index (χ4v) is 4.55. The molecule has 1 aromatic carbocycles. The van der Waals surface area contributed by atoms with Gasteiger partial charge in [-0.1, -0.05) is 66.9 Å². The average molecular weight is 406 g/mol. The van der Waals surface area contributed by atoms with Gasteiger partial charge in [0.15, 0.2) is 5.17 Å². The lowest BCUT2D eigenvalue weighted by molar-refractivity contribution is -0.123. The van der Waals surface area contributed by atoms with E-state index < -0.39 is 0 Å². The van der Waals surface area contributed by atoms with Crippen LogP contribution in [0.1, 0.15) is 24.5 Å². The first-order valence-corrected chi connectivity index (χ1v) is 10.6. The molecule has 0 unspecified atom stereocenters. The van der Waals surface area contributed by atoms with E-state index in [9.17, 15) is 9.59 Å². The molecule has 5 nitrogen and oxygen atoms in total. The molecular weight excluding hydrogens is 386 g/mol.